The van der Waals surface area contributed by atoms with Gasteiger partial charge < -0.3 is 10.5 Å². The topological polar surface area (TPSA) is 66.0 Å². The Morgan fingerprint density at radius 1 is 1.50 bits per heavy atom. The summed E-state index contributed by atoms with van der Waals surface area (Å²) in [6.45, 7) is 8.21. The van der Waals surface area contributed by atoms with Crippen molar-refractivity contribution in [3.05, 3.63) is 5.69 Å². The summed E-state index contributed by atoms with van der Waals surface area (Å²) in [5.74, 6) is 0.864. The molecule has 0 atom stereocenters. The highest BCUT2D eigenvalue weighted by Gasteiger charge is 2.12. The van der Waals surface area contributed by atoms with Crippen molar-refractivity contribution in [1.29, 1.82) is 0 Å². The first-order chi connectivity index (χ1) is 6.66. The second kappa shape index (κ2) is 4.95. The van der Waals surface area contributed by atoms with E-state index in [0.717, 1.165) is 12.3 Å². The van der Waals surface area contributed by atoms with Gasteiger partial charge in [-0.3, -0.25) is 0 Å². The summed E-state index contributed by atoms with van der Waals surface area (Å²) >= 11 is 0. The van der Waals surface area contributed by atoms with E-state index in [-0.39, 0.29) is 0 Å². The molecule has 0 saturated heterocycles. The molecular weight excluding hydrogens is 180 g/mol. The molecule has 1 aromatic heterocycles. The van der Waals surface area contributed by atoms with Crippen molar-refractivity contribution in [3.8, 4) is 0 Å². The van der Waals surface area contributed by atoms with E-state index in [1.807, 2.05) is 11.6 Å². The van der Waals surface area contributed by atoms with Crippen LogP contribution in [0.5, 0.6) is 0 Å². The summed E-state index contributed by atoms with van der Waals surface area (Å²) in [7, 11) is 0. The normalized spacial score (nSPS) is 11.1. The standard InChI is InChI=1S/C9H18N4O/c1-4-14-6-5-13-8(7(2)3)9(10)11-12-13/h7H,4-6,10H2,1-3H3. The van der Waals surface area contributed by atoms with Crippen molar-refractivity contribution in [2.75, 3.05) is 18.9 Å². The van der Waals surface area contributed by atoms with Crippen LogP contribution in [0.4, 0.5) is 5.82 Å². The van der Waals surface area contributed by atoms with Crippen LogP contribution in [0.3, 0.4) is 0 Å². The zero-order valence-electron chi connectivity index (χ0n) is 9.03. The van der Waals surface area contributed by atoms with Crippen LogP contribution < -0.4 is 5.73 Å². The van der Waals surface area contributed by atoms with E-state index in [4.69, 9.17) is 10.5 Å². The van der Waals surface area contributed by atoms with Gasteiger partial charge in [0.05, 0.1) is 18.8 Å². The molecule has 0 aliphatic rings. The van der Waals surface area contributed by atoms with Crippen LogP contribution in [0.15, 0.2) is 0 Å². The Hall–Kier alpha value is -1.10. The van der Waals surface area contributed by atoms with Gasteiger partial charge in [-0.2, -0.15) is 0 Å². The molecule has 0 saturated carbocycles. The van der Waals surface area contributed by atoms with Crippen molar-refractivity contribution in [1.82, 2.24) is 15.0 Å². The van der Waals surface area contributed by atoms with Crippen LogP contribution in [0.1, 0.15) is 32.4 Å². The number of nitrogens with two attached hydrogens (primary N) is 1. The number of rotatable bonds is 5. The highest BCUT2D eigenvalue weighted by atomic mass is 16.5. The lowest BCUT2D eigenvalue weighted by Crippen LogP contribution is -2.12. The summed E-state index contributed by atoms with van der Waals surface area (Å²) in [6, 6.07) is 0. The maximum absolute atomic E-state index is 5.71. The third-order valence-electron chi connectivity index (χ3n) is 2.00. The maximum atomic E-state index is 5.71. The SMILES string of the molecule is CCOCCn1nnc(N)c1C(C)C. The quantitative estimate of drug-likeness (QED) is 0.717. The van der Waals surface area contributed by atoms with Gasteiger partial charge in [0.25, 0.3) is 0 Å². The highest BCUT2D eigenvalue weighted by molar-refractivity contribution is 5.34. The van der Waals surface area contributed by atoms with Crippen LogP contribution in [0.2, 0.25) is 0 Å². The van der Waals surface area contributed by atoms with Gasteiger partial charge in [0, 0.05) is 6.61 Å². The average Bonchev–Trinajstić information content (AvgIpc) is 2.47. The minimum atomic E-state index is 0.339. The van der Waals surface area contributed by atoms with E-state index in [1.165, 1.54) is 0 Å². The summed E-state index contributed by atoms with van der Waals surface area (Å²) in [4.78, 5) is 0. The Bertz CT molecular complexity index is 282. The lowest BCUT2D eigenvalue weighted by molar-refractivity contribution is 0.135. The van der Waals surface area contributed by atoms with Crippen LogP contribution in [0.25, 0.3) is 0 Å². The molecule has 0 amide bonds. The van der Waals surface area contributed by atoms with Gasteiger partial charge in [-0.05, 0) is 12.8 Å². The number of ether oxygens (including phenoxy) is 1. The molecule has 0 fully saturated rings. The minimum Gasteiger partial charge on any atom is -0.381 e. The van der Waals surface area contributed by atoms with E-state index in [0.29, 0.717) is 24.9 Å². The smallest absolute Gasteiger partial charge is 0.169 e. The van der Waals surface area contributed by atoms with Crippen LogP contribution in [0, 0.1) is 0 Å². The Balaban J connectivity index is 2.66. The molecule has 0 spiro atoms. The van der Waals surface area contributed by atoms with E-state index in [1.54, 1.807) is 0 Å². The van der Waals surface area contributed by atoms with Gasteiger partial charge in [0.15, 0.2) is 5.82 Å². The minimum absolute atomic E-state index is 0.339. The molecule has 80 valence electrons. The molecular formula is C9H18N4O. The highest BCUT2D eigenvalue weighted by Crippen LogP contribution is 2.18. The first-order valence-corrected chi connectivity index (χ1v) is 4.93. The molecule has 0 bridgehead atoms. The molecule has 0 radical (unpaired) electrons. The van der Waals surface area contributed by atoms with Gasteiger partial charge >= 0.3 is 0 Å². The van der Waals surface area contributed by atoms with Crippen LogP contribution in [-0.4, -0.2) is 28.2 Å². The molecule has 0 aromatic carbocycles. The number of hydrogen-bond donors (Lipinski definition) is 1. The molecule has 0 unspecified atom stereocenters. The molecule has 1 aromatic rings. The number of nitrogens with zero attached hydrogens (tertiary/aromatic N) is 3. The molecule has 0 aliphatic heterocycles. The summed E-state index contributed by atoms with van der Waals surface area (Å²) < 4.78 is 7.07. The summed E-state index contributed by atoms with van der Waals surface area (Å²) in [6.07, 6.45) is 0. The second-order valence-electron chi connectivity index (χ2n) is 3.43. The fourth-order valence-electron chi connectivity index (χ4n) is 1.39. The van der Waals surface area contributed by atoms with Gasteiger partial charge in [-0.25, -0.2) is 4.68 Å². The zero-order valence-corrected chi connectivity index (χ0v) is 9.03. The van der Waals surface area contributed by atoms with Crippen LogP contribution >= 0.6 is 0 Å². The van der Waals surface area contributed by atoms with E-state index < -0.39 is 0 Å². The third kappa shape index (κ3) is 2.45. The number of nitrogen functional groups attached to an aromatic ring is 1. The molecule has 1 rings (SSSR count). The first kappa shape index (κ1) is 11.0. The fourth-order valence-corrected chi connectivity index (χ4v) is 1.39. The van der Waals surface area contributed by atoms with Crippen molar-refractivity contribution in [2.24, 2.45) is 0 Å². The van der Waals surface area contributed by atoms with Gasteiger partial charge in [0.2, 0.25) is 0 Å². The van der Waals surface area contributed by atoms with E-state index in [9.17, 15) is 0 Å². The van der Waals surface area contributed by atoms with Crippen LogP contribution in [-0.2, 0) is 11.3 Å². The maximum Gasteiger partial charge on any atom is 0.169 e. The second-order valence-corrected chi connectivity index (χ2v) is 3.43. The molecule has 5 heteroatoms. The van der Waals surface area contributed by atoms with Gasteiger partial charge in [0.1, 0.15) is 0 Å². The molecule has 14 heavy (non-hydrogen) atoms. The van der Waals surface area contributed by atoms with Gasteiger partial charge in [-0.1, -0.05) is 19.1 Å². The van der Waals surface area contributed by atoms with E-state index >= 15 is 0 Å². The third-order valence-corrected chi connectivity index (χ3v) is 2.00. The molecule has 1 heterocycles. The van der Waals surface area contributed by atoms with Crippen molar-refractivity contribution in [2.45, 2.75) is 33.2 Å². The summed E-state index contributed by atoms with van der Waals surface area (Å²) in [5, 5.41) is 7.82. The van der Waals surface area contributed by atoms with Gasteiger partial charge in [-0.15, -0.1) is 5.10 Å². The van der Waals surface area contributed by atoms with Crippen molar-refractivity contribution < 1.29 is 4.74 Å². The first-order valence-electron chi connectivity index (χ1n) is 4.93. The number of aromatic nitrogens is 3. The Labute approximate surface area is 84.2 Å². The van der Waals surface area contributed by atoms with Crippen molar-refractivity contribution >= 4 is 5.82 Å². The van der Waals surface area contributed by atoms with E-state index in [2.05, 4.69) is 24.2 Å². The van der Waals surface area contributed by atoms with Crippen molar-refractivity contribution in [3.63, 3.8) is 0 Å². The fraction of sp³-hybridized carbons (Fsp3) is 0.778. The zero-order chi connectivity index (χ0) is 10.6. The Morgan fingerprint density at radius 2 is 2.21 bits per heavy atom. The predicted molar refractivity (Wildman–Crippen MR) is 55.0 cm³/mol. The Morgan fingerprint density at radius 3 is 2.79 bits per heavy atom. The predicted octanol–water partition coefficient (Wildman–Crippen LogP) is 1.02. The monoisotopic (exact) mass is 198 g/mol. The number of hydrogen-bond acceptors (Lipinski definition) is 4. The largest absolute Gasteiger partial charge is 0.381 e. The Kier molecular flexibility index (Phi) is 3.88. The number of anilines is 1. The summed E-state index contributed by atoms with van der Waals surface area (Å²) in [5.41, 5.74) is 6.70. The molecule has 5 nitrogen and oxygen atoms in total. The lowest BCUT2D eigenvalue weighted by Gasteiger charge is -2.09. The molecule has 2 N–H and O–H groups in total. The molecule has 0 aliphatic carbocycles. The lowest BCUT2D eigenvalue weighted by atomic mass is 10.1. The average molecular weight is 198 g/mol.